The summed E-state index contributed by atoms with van der Waals surface area (Å²) < 4.78 is 5.68. The Bertz CT molecular complexity index is 124. The number of halogens is 2. The van der Waals surface area contributed by atoms with E-state index in [0.29, 0.717) is 5.73 Å². The number of ether oxygens (including phenoxy) is 1. The zero-order valence-corrected chi connectivity index (χ0v) is 12.9. The van der Waals surface area contributed by atoms with Gasteiger partial charge in [-0.3, -0.25) is 0 Å². The van der Waals surface area contributed by atoms with Gasteiger partial charge in [0.25, 0.3) is 0 Å². The molecule has 0 aromatic rings. The Hall–Kier alpha value is 0.757. The molecule has 1 atom stereocenters. The Morgan fingerprint density at radius 3 is 2.27 bits per heavy atom. The third-order valence-electron chi connectivity index (χ3n) is 2.42. The summed E-state index contributed by atoms with van der Waals surface area (Å²) in [4.78, 5) is 0. The fraction of sp³-hybridized carbons (Fsp3) is 1.00. The second-order valence-corrected chi connectivity index (χ2v) is 8.48. The van der Waals surface area contributed by atoms with Gasteiger partial charge < -0.3 is 4.74 Å². The predicted octanol–water partition coefficient (Wildman–Crippen LogP) is 3.64. The standard InChI is InChI=1S/C11H24Cl2OSi/c1-3-5-7-8-10(15-11(12)13)14-9-6-4-2/h10-11H,3-9,15H2,1-2H3. The largest absolute Gasteiger partial charge is 0.382 e. The van der Waals surface area contributed by atoms with Crippen molar-refractivity contribution < 1.29 is 4.74 Å². The molecule has 0 aliphatic rings. The van der Waals surface area contributed by atoms with E-state index in [9.17, 15) is 0 Å². The highest BCUT2D eigenvalue weighted by atomic mass is 35.5. The summed E-state index contributed by atoms with van der Waals surface area (Å²) in [7, 11) is -0.487. The summed E-state index contributed by atoms with van der Waals surface area (Å²) >= 11 is 11.7. The Balaban J connectivity index is 3.63. The van der Waals surface area contributed by atoms with Crippen molar-refractivity contribution in [3.8, 4) is 0 Å². The molecule has 0 aliphatic heterocycles. The van der Waals surface area contributed by atoms with Gasteiger partial charge in [0.1, 0.15) is 0 Å². The first kappa shape index (κ1) is 15.8. The highest BCUT2D eigenvalue weighted by molar-refractivity contribution is 6.69. The monoisotopic (exact) mass is 270 g/mol. The van der Waals surface area contributed by atoms with Crippen LogP contribution in [0.3, 0.4) is 0 Å². The van der Waals surface area contributed by atoms with E-state index in [0.717, 1.165) is 19.4 Å². The van der Waals surface area contributed by atoms with Crippen molar-refractivity contribution in [3.63, 3.8) is 0 Å². The summed E-state index contributed by atoms with van der Waals surface area (Å²) in [5, 5.41) is 0. The Kier molecular flexibility index (Phi) is 11.8. The molecule has 0 amide bonds. The van der Waals surface area contributed by atoms with Gasteiger partial charge >= 0.3 is 0 Å². The summed E-state index contributed by atoms with van der Waals surface area (Å²) in [6.07, 6.45) is 7.29. The molecule has 15 heavy (non-hydrogen) atoms. The van der Waals surface area contributed by atoms with Gasteiger partial charge in [-0.05, 0) is 12.8 Å². The number of rotatable bonds is 10. The molecule has 4 heteroatoms. The van der Waals surface area contributed by atoms with Crippen LogP contribution in [0.15, 0.2) is 0 Å². The predicted molar refractivity (Wildman–Crippen MR) is 72.8 cm³/mol. The molecule has 92 valence electrons. The van der Waals surface area contributed by atoms with E-state index >= 15 is 0 Å². The van der Waals surface area contributed by atoms with Gasteiger partial charge in [0, 0.05) is 12.3 Å². The van der Waals surface area contributed by atoms with Gasteiger partial charge in [0.05, 0.1) is 14.0 Å². The average molecular weight is 271 g/mol. The normalized spacial score (nSPS) is 14.2. The SMILES string of the molecule is CCCCCC(OCCCC)[SiH2]C(Cl)Cl. The van der Waals surface area contributed by atoms with Crippen LogP contribution < -0.4 is 0 Å². The van der Waals surface area contributed by atoms with E-state index in [1.54, 1.807) is 0 Å². The smallest absolute Gasteiger partial charge is 0.0951 e. The second kappa shape index (κ2) is 11.2. The van der Waals surface area contributed by atoms with Crippen molar-refractivity contribution in [1.82, 2.24) is 0 Å². The highest BCUT2D eigenvalue weighted by Crippen LogP contribution is 2.11. The molecule has 0 N–H and O–H groups in total. The molecule has 0 saturated carbocycles. The van der Waals surface area contributed by atoms with Crippen molar-refractivity contribution in [2.45, 2.75) is 62.6 Å². The maximum atomic E-state index is 5.85. The summed E-state index contributed by atoms with van der Waals surface area (Å²) in [6, 6.07) is 0. The number of unbranched alkanes of at least 4 members (excludes halogenated alkanes) is 3. The second-order valence-electron chi connectivity index (χ2n) is 3.97. The summed E-state index contributed by atoms with van der Waals surface area (Å²) in [5.74, 6) is 0. The lowest BCUT2D eigenvalue weighted by Crippen LogP contribution is -2.26. The maximum absolute atomic E-state index is 5.85. The molecule has 0 radical (unpaired) electrons. The van der Waals surface area contributed by atoms with Crippen molar-refractivity contribution >= 4 is 32.7 Å². The molecule has 0 aromatic carbocycles. The van der Waals surface area contributed by atoms with Crippen LogP contribution in [0.4, 0.5) is 0 Å². The minimum Gasteiger partial charge on any atom is -0.382 e. The molecule has 0 bridgehead atoms. The topological polar surface area (TPSA) is 9.23 Å². The van der Waals surface area contributed by atoms with Crippen LogP contribution >= 0.6 is 23.2 Å². The van der Waals surface area contributed by atoms with Crippen LogP contribution in [0.1, 0.15) is 52.4 Å². The van der Waals surface area contributed by atoms with Crippen LogP contribution in [-0.4, -0.2) is 26.3 Å². The lowest BCUT2D eigenvalue weighted by atomic mass is 10.2. The fourth-order valence-corrected chi connectivity index (χ4v) is 3.90. The van der Waals surface area contributed by atoms with Gasteiger partial charge in [-0.15, -0.1) is 23.2 Å². The van der Waals surface area contributed by atoms with Gasteiger partial charge in [-0.1, -0.05) is 39.5 Å². The Morgan fingerprint density at radius 2 is 1.73 bits per heavy atom. The van der Waals surface area contributed by atoms with Crippen LogP contribution in [0.5, 0.6) is 0 Å². The fourth-order valence-electron chi connectivity index (χ4n) is 1.48. The van der Waals surface area contributed by atoms with Gasteiger partial charge in [-0.25, -0.2) is 0 Å². The van der Waals surface area contributed by atoms with Gasteiger partial charge in [0.2, 0.25) is 0 Å². The zero-order valence-electron chi connectivity index (χ0n) is 9.98. The van der Waals surface area contributed by atoms with E-state index in [-0.39, 0.29) is 4.46 Å². The quantitative estimate of drug-likeness (QED) is 0.335. The highest BCUT2D eigenvalue weighted by Gasteiger charge is 2.13. The van der Waals surface area contributed by atoms with Crippen molar-refractivity contribution in [1.29, 1.82) is 0 Å². The Morgan fingerprint density at radius 1 is 1.07 bits per heavy atom. The summed E-state index contributed by atoms with van der Waals surface area (Å²) in [6.45, 7) is 5.27. The van der Waals surface area contributed by atoms with E-state index in [1.807, 2.05) is 0 Å². The van der Waals surface area contributed by atoms with Crippen molar-refractivity contribution in [3.05, 3.63) is 0 Å². The molecular formula is C11H24Cl2OSi. The van der Waals surface area contributed by atoms with E-state index < -0.39 is 9.52 Å². The molecule has 0 aliphatic carbocycles. The van der Waals surface area contributed by atoms with Crippen molar-refractivity contribution in [2.24, 2.45) is 0 Å². The molecule has 1 unspecified atom stereocenters. The Labute approximate surface area is 107 Å². The molecule has 0 spiro atoms. The maximum Gasteiger partial charge on any atom is 0.0951 e. The zero-order chi connectivity index (χ0) is 11.5. The molecular weight excluding hydrogens is 247 g/mol. The van der Waals surface area contributed by atoms with Crippen LogP contribution in [-0.2, 0) is 4.74 Å². The molecule has 1 nitrogen and oxygen atoms in total. The number of hydrogen-bond donors (Lipinski definition) is 0. The third-order valence-corrected chi connectivity index (χ3v) is 5.02. The minimum atomic E-state index is -0.487. The minimum absolute atomic E-state index is 0.154. The molecule has 0 saturated heterocycles. The first-order valence-electron chi connectivity index (χ1n) is 6.10. The van der Waals surface area contributed by atoms with Crippen LogP contribution in [0.25, 0.3) is 0 Å². The molecule has 0 rings (SSSR count). The van der Waals surface area contributed by atoms with Crippen LogP contribution in [0.2, 0.25) is 0 Å². The molecule has 0 aromatic heterocycles. The average Bonchev–Trinajstić information content (AvgIpc) is 2.17. The third kappa shape index (κ3) is 11.0. The van der Waals surface area contributed by atoms with E-state index in [1.165, 1.54) is 25.7 Å². The first-order chi connectivity index (χ1) is 7.20. The first-order valence-corrected chi connectivity index (χ1v) is 8.61. The van der Waals surface area contributed by atoms with Crippen LogP contribution in [0, 0.1) is 0 Å². The lowest BCUT2D eigenvalue weighted by Gasteiger charge is -2.17. The lowest BCUT2D eigenvalue weighted by molar-refractivity contribution is 0.0947. The molecule has 0 heterocycles. The van der Waals surface area contributed by atoms with Gasteiger partial charge in [0.15, 0.2) is 0 Å². The molecule has 0 fully saturated rings. The van der Waals surface area contributed by atoms with Gasteiger partial charge in [-0.2, -0.15) is 0 Å². The number of alkyl halides is 2. The van der Waals surface area contributed by atoms with Crippen molar-refractivity contribution in [2.75, 3.05) is 6.61 Å². The van der Waals surface area contributed by atoms with E-state index in [2.05, 4.69) is 13.8 Å². The summed E-state index contributed by atoms with van der Waals surface area (Å²) in [5.41, 5.74) is 0.392. The number of hydrogen-bond acceptors (Lipinski definition) is 1. The van der Waals surface area contributed by atoms with E-state index in [4.69, 9.17) is 27.9 Å².